The number of H-pyrrole nitrogens is 1. The minimum Gasteiger partial charge on any atom is -0.354 e. The molecule has 0 radical (unpaired) electrons. The maximum Gasteiger partial charge on any atom is 0.0620 e. The summed E-state index contributed by atoms with van der Waals surface area (Å²) in [6.45, 7) is 3.37. The zero-order chi connectivity index (χ0) is 17.3. The highest BCUT2D eigenvalue weighted by atomic mass is 15.4. The summed E-state index contributed by atoms with van der Waals surface area (Å²) in [5.74, 6) is 0. The SMILES string of the molecule is C1=C(c2ccncc2)NNC=C1c1[nH]c2ccccc2c1CN1CCC1. The molecule has 0 saturated carbocycles. The van der Waals surface area contributed by atoms with Gasteiger partial charge in [0.15, 0.2) is 0 Å². The number of benzene rings is 1. The number of likely N-dealkylation sites (tertiary alicyclic amines) is 1. The Morgan fingerprint density at radius 3 is 2.69 bits per heavy atom. The Morgan fingerprint density at radius 2 is 1.88 bits per heavy atom. The number of nitrogens with zero attached hydrogens (tertiary/aromatic N) is 2. The molecule has 0 bridgehead atoms. The van der Waals surface area contributed by atoms with E-state index in [1.54, 1.807) is 0 Å². The second-order valence-corrected chi connectivity index (χ2v) is 6.82. The molecule has 2 aliphatic rings. The van der Waals surface area contributed by atoms with Crippen molar-refractivity contribution in [2.24, 2.45) is 0 Å². The number of fused-ring (bicyclic) bond motifs is 1. The lowest BCUT2D eigenvalue weighted by Gasteiger charge is -2.31. The van der Waals surface area contributed by atoms with E-state index in [0.29, 0.717) is 0 Å². The van der Waals surface area contributed by atoms with Crippen LogP contribution in [0, 0.1) is 0 Å². The van der Waals surface area contributed by atoms with E-state index >= 15 is 0 Å². The third-order valence-corrected chi connectivity index (χ3v) is 5.16. The molecule has 0 aliphatic carbocycles. The molecule has 1 saturated heterocycles. The number of nitrogens with one attached hydrogen (secondary N) is 3. The van der Waals surface area contributed by atoms with Gasteiger partial charge < -0.3 is 15.8 Å². The number of hydrogen-bond donors (Lipinski definition) is 3. The number of allylic oxidation sites excluding steroid dienone is 2. The van der Waals surface area contributed by atoms with Gasteiger partial charge in [0.25, 0.3) is 0 Å². The van der Waals surface area contributed by atoms with Crippen LogP contribution in [0.15, 0.2) is 61.1 Å². The summed E-state index contributed by atoms with van der Waals surface area (Å²) < 4.78 is 0. The fourth-order valence-electron chi connectivity index (χ4n) is 3.63. The molecule has 3 aromatic rings. The first-order chi connectivity index (χ1) is 12.9. The van der Waals surface area contributed by atoms with Gasteiger partial charge in [-0.15, -0.1) is 0 Å². The summed E-state index contributed by atoms with van der Waals surface area (Å²) in [4.78, 5) is 10.2. The number of rotatable bonds is 4. The molecule has 3 N–H and O–H groups in total. The molecular formula is C21H21N5. The Kier molecular flexibility index (Phi) is 3.72. The van der Waals surface area contributed by atoms with E-state index in [2.05, 4.69) is 56.1 Å². The average Bonchev–Trinajstić information content (AvgIpc) is 3.04. The summed E-state index contributed by atoms with van der Waals surface area (Å²) >= 11 is 0. The summed E-state index contributed by atoms with van der Waals surface area (Å²) in [7, 11) is 0. The molecule has 2 aromatic heterocycles. The van der Waals surface area contributed by atoms with Gasteiger partial charge in [-0.2, -0.15) is 0 Å². The quantitative estimate of drug-likeness (QED) is 0.681. The fourth-order valence-corrected chi connectivity index (χ4v) is 3.63. The molecule has 0 amide bonds. The van der Waals surface area contributed by atoms with Crippen LogP contribution in [-0.2, 0) is 6.54 Å². The molecule has 1 aromatic carbocycles. The normalized spacial score (nSPS) is 17.1. The van der Waals surface area contributed by atoms with Crippen molar-refractivity contribution in [1.29, 1.82) is 0 Å². The van der Waals surface area contributed by atoms with Crippen molar-refractivity contribution in [1.82, 2.24) is 25.7 Å². The van der Waals surface area contributed by atoms with Crippen LogP contribution in [-0.4, -0.2) is 28.0 Å². The molecule has 0 spiro atoms. The van der Waals surface area contributed by atoms with Gasteiger partial charge >= 0.3 is 0 Å². The van der Waals surface area contributed by atoms with Crippen LogP contribution in [0.4, 0.5) is 0 Å². The van der Waals surface area contributed by atoms with Crippen molar-refractivity contribution in [2.75, 3.05) is 13.1 Å². The number of para-hydroxylation sites is 1. The first kappa shape index (κ1) is 15.2. The lowest BCUT2D eigenvalue weighted by Crippen LogP contribution is -2.36. The van der Waals surface area contributed by atoms with E-state index in [-0.39, 0.29) is 0 Å². The summed E-state index contributed by atoms with van der Waals surface area (Å²) in [5.41, 5.74) is 13.5. The lowest BCUT2D eigenvalue weighted by molar-refractivity contribution is 0.173. The molecule has 5 rings (SSSR count). The summed E-state index contributed by atoms with van der Waals surface area (Å²) in [6.07, 6.45) is 9.14. The van der Waals surface area contributed by atoms with Crippen molar-refractivity contribution in [2.45, 2.75) is 13.0 Å². The molecule has 4 heterocycles. The topological polar surface area (TPSA) is 56.0 Å². The molecule has 0 atom stereocenters. The van der Waals surface area contributed by atoms with Crippen molar-refractivity contribution in [3.05, 3.63) is 77.9 Å². The van der Waals surface area contributed by atoms with E-state index in [4.69, 9.17) is 0 Å². The standard InChI is InChI=1S/C21H21N5/c1-2-5-19-17(4-1)18(14-26-10-3-11-26)21(24-19)16-12-20(25-23-13-16)15-6-8-22-9-7-15/h1-2,4-9,12-13,23-25H,3,10-11,14H2. The molecule has 130 valence electrons. The van der Waals surface area contributed by atoms with Crippen LogP contribution in [0.5, 0.6) is 0 Å². The summed E-state index contributed by atoms with van der Waals surface area (Å²) in [6, 6.07) is 12.6. The summed E-state index contributed by atoms with van der Waals surface area (Å²) in [5, 5.41) is 1.31. The predicted octanol–water partition coefficient (Wildman–Crippen LogP) is 3.26. The van der Waals surface area contributed by atoms with E-state index in [9.17, 15) is 0 Å². The van der Waals surface area contributed by atoms with Gasteiger partial charge in [-0.25, -0.2) is 0 Å². The number of hydrazine groups is 1. The van der Waals surface area contributed by atoms with Crippen molar-refractivity contribution in [3.8, 4) is 0 Å². The van der Waals surface area contributed by atoms with Crippen molar-refractivity contribution >= 4 is 22.2 Å². The van der Waals surface area contributed by atoms with E-state index in [1.807, 2.05) is 30.7 Å². The third kappa shape index (κ3) is 2.66. The lowest BCUT2D eigenvalue weighted by atomic mass is 10.0. The third-order valence-electron chi connectivity index (χ3n) is 5.16. The number of aromatic nitrogens is 2. The molecule has 5 heteroatoms. The largest absolute Gasteiger partial charge is 0.354 e. The maximum atomic E-state index is 4.11. The molecular weight excluding hydrogens is 322 g/mol. The van der Waals surface area contributed by atoms with Gasteiger partial charge in [-0.05, 0) is 49.3 Å². The first-order valence-corrected chi connectivity index (χ1v) is 9.04. The van der Waals surface area contributed by atoms with E-state index in [1.165, 1.54) is 41.7 Å². The van der Waals surface area contributed by atoms with Crippen molar-refractivity contribution < 1.29 is 0 Å². The second kappa shape index (κ2) is 6.35. The zero-order valence-electron chi connectivity index (χ0n) is 14.5. The van der Waals surface area contributed by atoms with E-state index in [0.717, 1.165) is 23.4 Å². The van der Waals surface area contributed by atoms with Gasteiger partial charge in [0, 0.05) is 47.2 Å². The van der Waals surface area contributed by atoms with Gasteiger partial charge in [0.1, 0.15) is 0 Å². The highest BCUT2D eigenvalue weighted by molar-refractivity contribution is 5.93. The van der Waals surface area contributed by atoms with Gasteiger partial charge in [0.2, 0.25) is 0 Å². The van der Waals surface area contributed by atoms with E-state index < -0.39 is 0 Å². The van der Waals surface area contributed by atoms with Gasteiger partial charge in [-0.1, -0.05) is 18.2 Å². The van der Waals surface area contributed by atoms with Crippen LogP contribution >= 0.6 is 0 Å². The number of pyridine rings is 1. The zero-order valence-corrected chi connectivity index (χ0v) is 14.5. The van der Waals surface area contributed by atoms with Crippen molar-refractivity contribution in [3.63, 3.8) is 0 Å². The molecule has 5 nitrogen and oxygen atoms in total. The highest BCUT2D eigenvalue weighted by Crippen LogP contribution is 2.32. The Hall–Kier alpha value is -3.05. The maximum absolute atomic E-state index is 4.11. The number of hydrogen-bond acceptors (Lipinski definition) is 4. The molecule has 26 heavy (non-hydrogen) atoms. The monoisotopic (exact) mass is 343 g/mol. The first-order valence-electron chi connectivity index (χ1n) is 9.04. The molecule has 2 aliphatic heterocycles. The van der Waals surface area contributed by atoms with Crippen LogP contribution in [0.1, 0.15) is 23.2 Å². The van der Waals surface area contributed by atoms with Crippen LogP contribution in [0.3, 0.4) is 0 Å². The predicted molar refractivity (Wildman–Crippen MR) is 105 cm³/mol. The van der Waals surface area contributed by atoms with Crippen LogP contribution < -0.4 is 10.9 Å². The minimum atomic E-state index is 0.989. The molecule has 1 fully saturated rings. The highest BCUT2D eigenvalue weighted by Gasteiger charge is 2.21. The Balaban J connectivity index is 1.58. The smallest absolute Gasteiger partial charge is 0.0620 e. The molecule has 0 unspecified atom stereocenters. The average molecular weight is 343 g/mol. The Bertz CT molecular complexity index is 996. The number of aromatic amines is 1. The van der Waals surface area contributed by atoms with Gasteiger partial charge in [0.05, 0.1) is 11.4 Å². The Morgan fingerprint density at radius 1 is 1.04 bits per heavy atom. The van der Waals surface area contributed by atoms with Gasteiger partial charge in [-0.3, -0.25) is 9.88 Å². The minimum absolute atomic E-state index is 0.989. The fraction of sp³-hybridized carbons (Fsp3) is 0.190. The van der Waals surface area contributed by atoms with Crippen LogP contribution in [0.25, 0.3) is 22.2 Å². The Labute approximate surface area is 152 Å². The van der Waals surface area contributed by atoms with Crippen LogP contribution in [0.2, 0.25) is 0 Å². The second-order valence-electron chi connectivity index (χ2n) is 6.82.